The van der Waals surface area contributed by atoms with Crippen molar-refractivity contribution >= 4 is 29.0 Å². The van der Waals surface area contributed by atoms with Crippen LogP contribution < -0.4 is 4.90 Å². The van der Waals surface area contributed by atoms with Gasteiger partial charge in [0.2, 0.25) is 5.91 Å². The molecule has 0 radical (unpaired) electrons. The summed E-state index contributed by atoms with van der Waals surface area (Å²) in [6.45, 7) is 2.53. The topological polar surface area (TPSA) is 23.6 Å². The first kappa shape index (κ1) is 14.8. The van der Waals surface area contributed by atoms with Crippen LogP contribution in [0.15, 0.2) is 47.2 Å². The monoisotopic (exact) mass is 316 g/mol. The fourth-order valence-electron chi connectivity index (χ4n) is 2.52. The van der Waals surface area contributed by atoms with E-state index in [1.54, 1.807) is 34.4 Å². The number of amides is 1. The molecule has 0 aliphatic carbocycles. The lowest BCUT2D eigenvalue weighted by Gasteiger charge is -2.35. The van der Waals surface area contributed by atoms with Gasteiger partial charge in [-0.05, 0) is 40.6 Å². The number of hydrogen-bond donors (Lipinski definition) is 0. The Kier molecular flexibility index (Phi) is 4.53. The molecule has 1 aromatic carbocycles. The maximum Gasteiger partial charge on any atom is 0.246 e. The van der Waals surface area contributed by atoms with E-state index in [0.29, 0.717) is 31.9 Å². The van der Waals surface area contributed by atoms with Crippen molar-refractivity contribution in [2.24, 2.45) is 0 Å². The van der Waals surface area contributed by atoms with Gasteiger partial charge < -0.3 is 9.80 Å². The highest BCUT2D eigenvalue weighted by Crippen LogP contribution is 2.20. The molecule has 0 unspecified atom stereocenters. The van der Waals surface area contributed by atoms with Gasteiger partial charge >= 0.3 is 0 Å². The molecule has 3 nitrogen and oxygen atoms in total. The van der Waals surface area contributed by atoms with E-state index in [9.17, 15) is 9.18 Å². The Bertz CT molecular complexity index is 661. The number of hydrogen-bond acceptors (Lipinski definition) is 3. The summed E-state index contributed by atoms with van der Waals surface area (Å²) in [6, 6.07) is 8.75. The summed E-state index contributed by atoms with van der Waals surface area (Å²) in [5.41, 5.74) is 1.66. The maximum atomic E-state index is 13.8. The average Bonchev–Trinajstić information content (AvgIpc) is 3.07. The smallest absolute Gasteiger partial charge is 0.246 e. The molecule has 1 aliphatic rings. The van der Waals surface area contributed by atoms with Crippen molar-refractivity contribution in [2.45, 2.75) is 0 Å². The molecule has 2 aromatic rings. The van der Waals surface area contributed by atoms with E-state index < -0.39 is 0 Å². The van der Waals surface area contributed by atoms with Crippen LogP contribution in [0.5, 0.6) is 0 Å². The summed E-state index contributed by atoms with van der Waals surface area (Å²) < 4.78 is 13.8. The third-order valence-electron chi connectivity index (χ3n) is 3.75. The van der Waals surface area contributed by atoms with Crippen molar-refractivity contribution in [1.82, 2.24) is 4.90 Å². The minimum atomic E-state index is -0.209. The summed E-state index contributed by atoms with van der Waals surface area (Å²) >= 11 is 1.61. The number of thiophene rings is 1. The number of carbonyl (C=O) groups excluding carboxylic acids is 1. The molecule has 1 fully saturated rings. The fourth-order valence-corrected chi connectivity index (χ4v) is 3.15. The molecule has 1 saturated heterocycles. The average molecular weight is 316 g/mol. The zero-order valence-electron chi connectivity index (χ0n) is 12.1. The number of para-hydroxylation sites is 1. The molecule has 0 N–H and O–H groups in total. The molecule has 0 atom stereocenters. The maximum absolute atomic E-state index is 13.8. The molecule has 3 rings (SSSR count). The van der Waals surface area contributed by atoms with Gasteiger partial charge in [-0.15, -0.1) is 0 Å². The van der Waals surface area contributed by atoms with E-state index in [2.05, 4.69) is 0 Å². The molecule has 114 valence electrons. The van der Waals surface area contributed by atoms with Crippen LogP contribution in [-0.2, 0) is 4.79 Å². The van der Waals surface area contributed by atoms with Gasteiger partial charge in [0.05, 0.1) is 5.69 Å². The van der Waals surface area contributed by atoms with Crippen LogP contribution in [0.25, 0.3) is 6.08 Å². The van der Waals surface area contributed by atoms with Crippen molar-refractivity contribution in [3.63, 3.8) is 0 Å². The van der Waals surface area contributed by atoms with E-state index >= 15 is 0 Å². The van der Waals surface area contributed by atoms with E-state index in [-0.39, 0.29) is 11.7 Å². The first-order valence-electron chi connectivity index (χ1n) is 7.23. The molecule has 2 heterocycles. The molecule has 1 amide bonds. The highest BCUT2D eigenvalue weighted by Gasteiger charge is 2.21. The molecule has 0 spiro atoms. The zero-order chi connectivity index (χ0) is 15.4. The van der Waals surface area contributed by atoms with Gasteiger partial charge in [-0.1, -0.05) is 12.1 Å². The quantitative estimate of drug-likeness (QED) is 0.812. The number of benzene rings is 1. The largest absolute Gasteiger partial charge is 0.366 e. The van der Waals surface area contributed by atoms with Gasteiger partial charge in [0.15, 0.2) is 0 Å². The highest BCUT2D eigenvalue weighted by molar-refractivity contribution is 7.08. The summed E-state index contributed by atoms with van der Waals surface area (Å²) in [6.07, 6.45) is 3.45. The molecule has 5 heteroatoms. The predicted molar refractivity (Wildman–Crippen MR) is 88.5 cm³/mol. The first-order valence-corrected chi connectivity index (χ1v) is 8.17. The van der Waals surface area contributed by atoms with Crippen LogP contribution in [0.2, 0.25) is 0 Å². The Balaban J connectivity index is 1.57. The Morgan fingerprint density at radius 3 is 2.59 bits per heavy atom. The Labute approximate surface area is 133 Å². The Hall–Kier alpha value is -2.14. The lowest BCUT2D eigenvalue weighted by atomic mass is 10.2. The zero-order valence-corrected chi connectivity index (χ0v) is 12.9. The van der Waals surface area contributed by atoms with Gasteiger partial charge in [-0.2, -0.15) is 11.3 Å². The summed E-state index contributed by atoms with van der Waals surface area (Å²) in [5, 5.41) is 3.98. The van der Waals surface area contributed by atoms with Crippen LogP contribution in [-0.4, -0.2) is 37.0 Å². The number of halogens is 1. The number of rotatable bonds is 3. The van der Waals surface area contributed by atoms with Gasteiger partial charge in [0, 0.05) is 32.3 Å². The van der Waals surface area contributed by atoms with Crippen LogP contribution >= 0.6 is 11.3 Å². The standard InChI is InChI=1S/C17H17FN2OS/c18-15-3-1-2-4-16(15)19-8-10-20(11-9-19)17(21)6-5-14-7-12-22-13-14/h1-7,12-13H,8-11H2/b6-5+. The number of carbonyl (C=O) groups is 1. The molecule has 0 saturated carbocycles. The summed E-state index contributed by atoms with van der Waals surface area (Å²) in [4.78, 5) is 15.9. The summed E-state index contributed by atoms with van der Waals surface area (Å²) in [5.74, 6) is -0.195. The van der Waals surface area contributed by atoms with E-state index in [4.69, 9.17) is 0 Å². The SMILES string of the molecule is O=C(/C=C/c1ccsc1)N1CCN(c2ccccc2F)CC1. The third-order valence-corrected chi connectivity index (χ3v) is 4.45. The number of piperazine rings is 1. The Morgan fingerprint density at radius 1 is 1.14 bits per heavy atom. The normalized spacial score (nSPS) is 15.5. The van der Waals surface area contributed by atoms with Crippen molar-refractivity contribution < 1.29 is 9.18 Å². The second-order valence-electron chi connectivity index (χ2n) is 5.15. The minimum Gasteiger partial charge on any atom is -0.366 e. The van der Waals surface area contributed by atoms with Crippen LogP contribution in [0, 0.1) is 5.82 Å². The lowest BCUT2D eigenvalue weighted by Crippen LogP contribution is -2.48. The van der Waals surface area contributed by atoms with E-state index in [1.165, 1.54) is 6.07 Å². The predicted octanol–water partition coefficient (Wildman–Crippen LogP) is 3.25. The number of nitrogens with zero attached hydrogens (tertiary/aromatic N) is 2. The molecule has 0 bridgehead atoms. The first-order chi connectivity index (χ1) is 10.7. The molecular weight excluding hydrogens is 299 g/mol. The molecule has 1 aliphatic heterocycles. The second kappa shape index (κ2) is 6.75. The van der Waals surface area contributed by atoms with Crippen LogP contribution in [0.3, 0.4) is 0 Å². The van der Waals surface area contributed by atoms with Gasteiger partial charge in [-0.25, -0.2) is 4.39 Å². The molecule has 22 heavy (non-hydrogen) atoms. The molecule has 1 aromatic heterocycles. The lowest BCUT2D eigenvalue weighted by molar-refractivity contribution is -0.126. The van der Waals surface area contributed by atoms with Crippen LogP contribution in [0.1, 0.15) is 5.56 Å². The van der Waals surface area contributed by atoms with Gasteiger partial charge in [0.25, 0.3) is 0 Å². The van der Waals surface area contributed by atoms with Crippen LogP contribution in [0.4, 0.5) is 10.1 Å². The molecular formula is C17H17FN2OS. The van der Waals surface area contributed by atoms with E-state index in [0.717, 1.165) is 5.56 Å². The van der Waals surface area contributed by atoms with E-state index in [1.807, 2.05) is 33.9 Å². The Morgan fingerprint density at radius 2 is 1.91 bits per heavy atom. The highest BCUT2D eigenvalue weighted by atomic mass is 32.1. The van der Waals surface area contributed by atoms with Crippen molar-refractivity contribution in [3.8, 4) is 0 Å². The van der Waals surface area contributed by atoms with Crippen molar-refractivity contribution in [2.75, 3.05) is 31.1 Å². The fraction of sp³-hybridized carbons (Fsp3) is 0.235. The summed E-state index contributed by atoms with van der Waals surface area (Å²) in [7, 11) is 0. The van der Waals surface area contributed by atoms with Crippen molar-refractivity contribution in [1.29, 1.82) is 0 Å². The second-order valence-corrected chi connectivity index (χ2v) is 5.93. The number of anilines is 1. The minimum absolute atomic E-state index is 0.0133. The van der Waals surface area contributed by atoms with Gasteiger partial charge in [-0.3, -0.25) is 4.79 Å². The third kappa shape index (κ3) is 3.36. The van der Waals surface area contributed by atoms with Crippen molar-refractivity contribution in [3.05, 3.63) is 58.5 Å². The van der Waals surface area contributed by atoms with Gasteiger partial charge in [0.1, 0.15) is 5.82 Å².